The Morgan fingerprint density at radius 2 is 1.56 bits per heavy atom. The molecule has 0 unspecified atom stereocenters. The molecule has 0 radical (unpaired) electrons. The maximum absolute atomic E-state index is 11.4. The number of amides is 1. The van der Waals surface area contributed by atoms with E-state index >= 15 is 0 Å². The Morgan fingerprint density at radius 3 is 2.06 bits per heavy atom. The molecule has 0 saturated carbocycles. The highest BCUT2D eigenvalue weighted by Crippen LogP contribution is 2.27. The van der Waals surface area contributed by atoms with E-state index in [1.165, 1.54) is 24.3 Å². The van der Waals surface area contributed by atoms with Crippen LogP contribution in [0, 0.1) is 0 Å². The molecule has 2 N–H and O–H groups in total. The van der Waals surface area contributed by atoms with Gasteiger partial charge in [0.05, 0.1) is 11.1 Å². The maximum Gasteiger partial charge on any atom is 0.357 e. The topological polar surface area (TPSA) is 116 Å². The number of carboxylic acid groups (broad SMARTS) is 2. The summed E-state index contributed by atoms with van der Waals surface area (Å²) in [6, 6.07) is 5.23. The van der Waals surface area contributed by atoms with Gasteiger partial charge in [0, 0.05) is 0 Å². The molecule has 7 heteroatoms. The molecule has 1 aromatic rings. The molecule has 0 fully saturated rings. The summed E-state index contributed by atoms with van der Waals surface area (Å²) in [6.45, 7) is 0. The SMILES string of the molecule is O=C(O)C1=C(c2ccc(C(=O)O)cc2)C(=O)N=N1. The van der Waals surface area contributed by atoms with E-state index in [0.717, 1.165) is 0 Å². The number of aromatic carboxylic acids is 1. The lowest BCUT2D eigenvalue weighted by Crippen LogP contribution is -2.03. The average molecular weight is 246 g/mol. The van der Waals surface area contributed by atoms with Gasteiger partial charge >= 0.3 is 11.9 Å². The van der Waals surface area contributed by atoms with Crippen LogP contribution in [-0.4, -0.2) is 28.1 Å². The van der Waals surface area contributed by atoms with Gasteiger partial charge in [0.25, 0.3) is 5.91 Å². The van der Waals surface area contributed by atoms with Gasteiger partial charge in [-0.15, -0.1) is 10.2 Å². The summed E-state index contributed by atoms with van der Waals surface area (Å²) >= 11 is 0. The molecule has 1 amide bonds. The highest BCUT2D eigenvalue weighted by Gasteiger charge is 2.27. The first kappa shape index (κ1) is 11.6. The minimum Gasteiger partial charge on any atom is -0.478 e. The third-order valence-corrected chi connectivity index (χ3v) is 2.31. The zero-order chi connectivity index (χ0) is 13.3. The smallest absolute Gasteiger partial charge is 0.357 e. The van der Waals surface area contributed by atoms with Crippen LogP contribution in [0.25, 0.3) is 5.57 Å². The van der Waals surface area contributed by atoms with Gasteiger partial charge in [0.2, 0.25) is 0 Å². The van der Waals surface area contributed by atoms with Crippen LogP contribution in [0.4, 0.5) is 0 Å². The summed E-state index contributed by atoms with van der Waals surface area (Å²) in [7, 11) is 0. The fraction of sp³-hybridized carbons (Fsp3) is 0. The first-order valence-corrected chi connectivity index (χ1v) is 4.78. The number of azo groups is 1. The number of rotatable bonds is 3. The number of benzene rings is 1. The maximum atomic E-state index is 11.4. The van der Waals surface area contributed by atoms with Crippen molar-refractivity contribution in [2.45, 2.75) is 0 Å². The standard InChI is InChI=1S/C11H6N2O5/c14-9-7(8(11(17)18)12-13-9)5-1-3-6(4-2-5)10(15)16/h1-4H,(H,15,16)(H,17,18). The van der Waals surface area contributed by atoms with Crippen molar-refractivity contribution in [1.82, 2.24) is 0 Å². The third kappa shape index (κ3) is 1.88. The van der Waals surface area contributed by atoms with Gasteiger partial charge in [-0.2, -0.15) is 0 Å². The largest absolute Gasteiger partial charge is 0.478 e. The molecule has 0 atom stereocenters. The molecule has 0 spiro atoms. The summed E-state index contributed by atoms with van der Waals surface area (Å²) in [5.41, 5.74) is -0.273. The summed E-state index contributed by atoms with van der Waals surface area (Å²) in [5.74, 6) is -3.22. The van der Waals surface area contributed by atoms with E-state index in [1.54, 1.807) is 0 Å². The Hall–Kier alpha value is -2.83. The zero-order valence-electron chi connectivity index (χ0n) is 8.82. The molecule has 18 heavy (non-hydrogen) atoms. The van der Waals surface area contributed by atoms with Crippen LogP contribution in [0.1, 0.15) is 15.9 Å². The number of aliphatic carboxylic acids is 1. The summed E-state index contributed by atoms with van der Waals surface area (Å²) in [4.78, 5) is 32.9. The molecule has 0 aliphatic carbocycles. The number of carbonyl (C=O) groups excluding carboxylic acids is 1. The van der Waals surface area contributed by atoms with E-state index < -0.39 is 23.5 Å². The van der Waals surface area contributed by atoms with E-state index in [1.807, 2.05) is 0 Å². The molecule has 1 heterocycles. The third-order valence-electron chi connectivity index (χ3n) is 2.31. The minimum absolute atomic E-state index is 0.0375. The number of hydrogen-bond acceptors (Lipinski definition) is 4. The van der Waals surface area contributed by atoms with Crippen molar-refractivity contribution >= 4 is 23.4 Å². The molecular weight excluding hydrogens is 240 g/mol. The van der Waals surface area contributed by atoms with Gasteiger partial charge in [0.15, 0.2) is 5.70 Å². The first-order chi connectivity index (χ1) is 8.50. The van der Waals surface area contributed by atoms with Crippen molar-refractivity contribution < 1.29 is 24.6 Å². The molecule has 90 valence electrons. The molecule has 0 aromatic heterocycles. The molecule has 7 nitrogen and oxygen atoms in total. The van der Waals surface area contributed by atoms with Gasteiger partial charge in [-0.3, -0.25) is 4.79 Å². The number of carbonyl (C=O) groups is 3. The van der Waals surface area contributed by atoms with Crippen molar-refractivity contribution in [3.8, 4) is 0 Å². The number of hydrogen-bond donors (Lipinski definition) is 2. The van der Waals surface area contributed by atoms with Crippen molar-refractivity contribution in [3.63, 3.8) is 0 Å². The minimum atomic E-state index is -1.36. The van der Waals surface area contributed by atoms with E-state index in [9.17, 15) is 14.4 Å². The van der Waals surface area contributed by atoms with Gasteiger partial charge in [-0.25, -0.2) is 9.59 Å². The Kier molecular flexibility index (Phi) is 2.72. The lowest BCUT2D eigenvalue weighted by atomic mass is 10.0. The summed E-state index contributed by atoms with van der Waals surface area (Å²) < 4.78 is 0. The number of carboxylic acids is 2. The van der Waals surface area contributed by atoms with E-state index in [4.69, 9.17) is 10.2 Å². The predicted octanol–water partition coefficient (Wildman–Crippen LogP) is 1.17. The van der Waals surface area contributed by atoms with E-state index in [0.29, 0.717) is 0 Å². The van der Waals surface area contributed by atoms with Crippen LogP contribution >= 0.6 is 0 Å². The summed E-state index contributed by atoms with van der Waals surface area (Å²) in [6.07, 6.45) is 0. The van der Waals surface area contributed by atoms with Crippen LogP contribution in [0.2, 0.25) is 0 Å². The fourth-order valence-electron chi connectivity index (χ4n) is 1.49. The predicted molar refractivity (Wildman–Crippen MR) is 57.8 cm³/mol. The normalized spacial score (nSPS) is 14.1. The van der Waals surface area contributed by atoms with Crippen molar-refractivity contribution in [1.29, 1.82) is 0 Å². The summed E-state index contributed by atoms with van der Waals surface area (Å²) in [5, 5.41) is 24.0. The molecule has 2 rings (SSSR count). The number of nitrogens with zero attached hydrogens (tertiary/aromatic N) is 2. The zero-order valence-corrected chi connectivity index (χ0v) is 8.82. The lowest BCUT2D eigenvalue weighted by molar-refractivity contribution is -0.132. The van der Waals surface area contributed by atoms with Gasteiger partial charge in [-0.05, 0) is 17.7 Å². The van der Waals surface area contributed by atoms with E-state index in [-0.39, 0.29) is 16.7 Å². The van der Waals surface area contributed by atoms with Crippen LogP contribution in [0.5, 0.6) is 0 Å². The second kappa shape index (κ2) is 4.21. The van der Waals surface area contributed by atoms with Crippen LogP contribution < -0.4 is 0 Å². The van der Waals surface area contributed by atoms with Crippen molar-refractivity contribution in [3.05, 3.63) is 41.1 Å². The van der Waals surface area contributed by atoms with Crippen LogP contribution in [0.3, 0.4) is 0 Å². The lowest BCUT2D eigenvalue weighted by Gasteiger charge is -2.01. The molecule has 1 aliphatic rings. The molecular formula is C11H6N2O5. The molecule has 1 aromatic carbocycles. The highest BCUT2D eigenvalue weighted by atomic mass is 16.4. The van der Waals surface area contributed by atoms with Gasteiger partial charge in [-0.1, -0.05) is 12.1 Å². The Balaban J connectivity index is 2.48. The van der Waals surface area contributed by atoms with Crippen molar-refractivity contribution in [2.24, 2.45) is 10.2 Å². The second-order valence-corrected chi connectivity index (χ2v) is 3.42. The second-order valence-electron chi connectivity index (χ2n) is 3.42. The highest BCUT2D eigenvalue weighted by molar-refractivity contribution is 6.26. The van der Waals surface area contributed by atoms with Crippen molar-refractivity contribution in [2.75, 3.05) is 0 Å². The Labute approximate surface area is 100 Å². The Morgan fingerprint density at radius 1 is 0.944 bits per heavy atom. The van der Waals surface area contributed by atoms with Gasteiger partial charge in [0.1, 0.15) is 0 Å². The quantitative estimate of drug-likeness (QED) is 0.830. The molecule has 1 aliphatic heterocycles. The van der Waals surface area contributed by atoms with Gasteiger partial charge < -0.3 is 10.2 Å². The van der Waals surface area contributed by atoms with E-state index in [2.05, 4.69) is 10.2 Å². The molecule has 0 saturated heterocycles. The molecule has 0 bridgehead atoms. The first-order valence-electron chi connectivity index (χ1n) is 4.78. The fourth-order valence-corrected chi connectivity index (χ4v) is 1.49. The van der Waals surface area contributed by atoms with Crippen LogP contribution in [-0.2, 0) is 9.59 Å². The van der Waals surface area contributed by atoms with Crippen LogP contribution in [0.15, 0.2) is 40.2 Å². The Bertz CT molecular complexity index is 613. The monoisotopic (exact) mass is 246 g/mol. The average Bonchev–Trinajstić information content (AvgIpc) is 2.71.